The standard InChI is InChI=1S/C17H25F/c1-2-3-5-14-8-10-15(11-9-14)12-16-6-4-7-17(18)13-16/h4,6-7,13-15H,2-3,5,8-12H2,1H3. The number of rotatable bonds is 5. The zero-order valence-electron chi connectivity index (χ0n) is 11.5. The van der Waals surface area contributed by atoms with Gasteiger partial charge in [0.1, 0.15) is 5.82 Å². The molecule has 0 nitrogen and oxygen atoms in total. The third kappa shape index (κ3) is 4.12. The van der Waals surface area contributed by atoms with Crippen molar-refractivity contribution in [3.8, 4) is 0 Å². The molecule has 0 aliphatic heterocycles. The van der Waals surface area contributed by atoms with E-state index in [0.717, 1.165) is 18.3 Å². The summed E-state index contributed by atoms with van der Waals surface area (Å²) in [4.78, 5) is 0. The van der Waals surface area contributed by atoms with E-state index in [1.807, 2.05) is 6.07 Å². The summed E-state index contributed by atoms with van der Waals surface area (Å²) in [6.07, 6.45) is 10.7. The SMILES string of the molecule is CCCCC1CCC(Cc2cccc(F)c2)CC1. The Kier molecular flexibility index (Phi) is 5.22. The van der Waals surface area contributed by atoms with E-state index < -0.39 is 0 Å². The minimum absolute atomic E-state index is 0.0934. The van der Waals surface area contributed by atoms with E-state index in [9.17, 15) is 4.39 Å². The molecule has 1 aliphatic rings. The van der Waals surface area contributed by atoms with E-state index in [-0.39, 0.29) is 5.82 Å². The van der Waals surface area contributed by atoms with Gasteiger partial charge in [0.2, 0.25) is 0 Å². The lowest BCUT2D eigenvalue weighted by atomic mass is 9.77. The molecular formula is C17H25F. The van der Waals surface area contributed by atoms with Crippen LogP contribution in [0, 0.1) is 17.7 Å². The van der Waals surface area contributed by atoms with Crippen molar-refractivity contribution < 1.29 is 4.39 Å². The van der Waals surface area contributed by atoms with Gasteiger partial charge in [-0.1, -0.05) is 51.2 Å². The lowest BCUT2D eigenvalue weighted by Crippen LogP contribution is -2.16. The smallest absolute Gasteiger partial charge is 0.123 e. The Bertz CT molecular complexity index is 350. The molecule has 0 spiro atoms. The average Bonchev–Trinajstić information content (AvgIpc) is 2.38. The number of hydrogen-bond donors (Lipinski definition) is 0. The molecule has 1 heteroatoms. The van der Waals surface area contributed by atoms with Gasteiger partial charge in [0.15, 0.2) is 0 Å². The second kappa shape index (κ2) is 6.92. The van der Waals surface area contributed by atoms with Crippen LogP contribution >= 0.6 is 0 Å². The first-order valence-electron chi connectivity index (χ1n) is 7.52. The highest BCUT2D eigenvalue weighted by molar-refractivity contribution is 5.16. The van der Waals surface area contributed by atoms with E-state index in [1.54, 1.807) is 6.07 Å². The Morgan fingerprint density at radius 2 is 1.83 bits per heavy atom. The molecule has 1 fully saturated rings. The number of halogens is 1. The summed E-state index contributed by atoms with van der Waals surface area (Å²) < 4.78 is 13.1. The minimum Gasteiger partial charge on any atom is -0.207 e. The predicted octanol–water partition coefficient (Wildman–Crippen LogP) is 5.36. The second-order valence-corrected chi connectivity index (χ2v) is 5.86. The van der Waals surface area contributed by atoms with Crippen molar-refractivity contribution in [3.63, 3.8) is 0 Å². The fraction of sp³-hybridized carbons (Fsp3) is 0.647. The molecule has 0 bridgehead atoms. The summed E-state index contributed by atoms with van der Waals surface area (Å²) >= 11 is 0. The Balaban J connectivity index is 1.76. The van der Waals surface area contributed by atoms with Crippen LogP contribution in [-0.2, 0) is 6.42 Å². The van der Waals surface area contributed by atoms with Crippen LogP contribution in [0.3, 0.4) is 0 Å². The van der Waals surface area contributed by atoms with Crippen LogP contribution in [0.5, 0.6) is 0 Å². The van der Waals surface area contributed by atoms with Crippen molar-refractivity contribution in [2.24, 2.45) is 11.8 Å². The highest BCUT2D eigenvalue weighted by Crippen LogP contribution is 2.33. The van der Waals surface area contributed by atoms with E-state index in [2.05, 4.69) is 13.0 Å². The van der Waals surface area contributed by atoms with E-state index in [1.165, 1.54) is 56.6 Å². The lowest BCUT2D eigenvalue weighted by molar-refractivity contribution is 0.258. The van der Waals surface area contributed by atoms with Gasteiger partial charge in [-0.25, -0.2) is 4.39 Å². The Labute approximate surface area is 111 Å². The molecular weight excluding hydrogens is 223 g/mol. The second-order valence-electron chi connectivity index (χ2n) is 5.86. The normalized spacial score (nSPS) is 24.1. The highest BCUT2D eigenvalue weighted by Gasteiger charge is 2.20. The first kappa shape index (κ1) is 13.6. The fourth-order valence-corrected chi connectivity index (χ4v) is 3.21. The molecule has 0 atom stereocenters. The van der Waals surface area contributed by atoms with Crippen molar-refractivity contribution in [3.05, 3.63) is 35.6 Å². The zero-order chi connectivity index (χ0) is 12.8. The molecule has 1 aromatic carbocycles. The van der Waals surface area contributed by atoms with Crippen LogP contribution in [0.15, 0.2) is 24.3 Å². The maximum Gasteiger partial charge on any atom is 0.123 e. The Morgan fingerprint density at radius 3 is 2.50 bits per heavy atom. The van der Waals surface area contributed by atoms with Crippen molar-refractivity contribution in [1.82, 2.24) is 0 Å². The summed E-state index contributed by atoms with van der Waals surface area (Å²) in [5.74, 6) is 1.66. The minimum atomic E-state index is -0.0934. The van der Waals surface area contributed by atoms with Gasteiger partial charge >= 0.3 is 0 Å². The van der Waals surface area contributed by atoms with Crippen molar-refractivity contribution >= 4 is 0 Å². The topological polar surface area (TPSA) is 0 Å². The maximum absolute atomic E-state index is 13.1. The van der Waals surface area contributed by atoms with E-state index in [0.29, 0.717) is 0 Å². The molecule has 1 aliphatic carbocycles. The van der Waals surface area contributed by atoms with Crippen LogP contribution in [0.2, 0.25) is 0 Å². The van der Waals surface area contributed by atoms with Gasteiger partial charge < -0.3 is 0 Å². The number of hydrogen-bond acceptors (Lipinski definition) is 0. The summed E-state index contributed by atoms with van der Waals surface area (Å²) in [7, 11) is 0. The fourth-order valence-electron chi connectivity index (χ4n) is 3.21. The van der Waals surface area contributed by atoms with E-state index >= 15 is 0 Å². The molecule has 1 saturated carbocycles. The first-order chi connectivity index (χ1) is 8.78. The van der Waals surface area contributed by atoms with Crippen molar-refractivity contribution in [2.45, 2.75) is 58.3 Å². The third-order valence-electron chi connectivity index (χ3n) is 4.35. The Morgan fingerprint density at radius 1 is 1.11 bits per heavy atom. The molecule has 0 N–H and O–H groups in total. The van der Waals surface area contributed by atoms with Crippen LogP contribution in [-0.4, -0.2) is 0 Å². The molecule has 2 rings (SSSR count). The predicted molar refractivity (Wildman–Crippen MR) is 75.1 cm³/mol. The summed E-state index contributed by atoms with van der Waals surface area (Å²) in [6, 6.07) is 7.12. The summed E-state index contributed by atoms with van der Waals surface area (Å²) in [6.45, 7) is 2.27. The van der Waals surface area contributed by atoms with Gasteiger partial charge in [-0.05, 0) is 48.8 Å². The number of unbranched alkanes of at least 4 members (excludes halogenated alkanes) is 1. The molecule has 0 saturated heterocycles. The largest absolute Gasteiger partial charge is 0.207 e. The maximum atomic E-state index is 13.1. The van der Waals surface area contributed by atoms with Crippen molar-refractivity contribution in [2.75, 3.05) is 0 Å². The van der Waals surface area contributed by atoms with Crippen LogP contribution in [0.25, 0.3) is 0 Å². The van der Waals surface area contributed by atoms with Crippen LogP contribution in [0.4, 0.5) is 4.39 Å². The molecule has 0 unspecified atom stereocenters. The van der Waals surface area contributed by atoms with Gasteiger partial charge in [0, 0.05) is 0 Å². The monoisotopic (exact) mass is 248 g/mol. The third-order valence-corrected chi connectivity index (χ3v) is 4.35. The van der Waals surface area contributed by atoms with Gasteiger partial charge in [-0.2, -0.15) is 0 Å². The number of benzene rings is 1. The van der Waals surface area contributed by atoms with Gasteiger partial charge in [-0.15, -0.1) is 0 Å². The molecule has 0 amide bonds. The zero-order valence-corrected chi connectivity index (χ0v) is 11.5. The summed E-state index contributed by atoms with van der Waals surface area (Å²) in [5.41, 5.74) is 1.17. The molecule has 18 heavy (non-hydrogen) atoms. The van der Waals surface area contributed by atoms with Gasteiger partial charge in [-0.3, -0.25) is 0 Å². The Hall–Kier alpha value is -0.850. The molecule has 1 aromatic rings. The quantitative estimate of drug-likeness (QED) is 0.657. The molecule has 0 aromatic heterocycles. The van der Waals surface area contributed by atoms with Gasteiger partial charge in [0.25, 0.3) is 0 Å². The van der Waals surface area contributed by atoms with Crippen molar-refractivity contribution in [1.29, 1.82) is 0 Å². The van der Waals surface area contributed by atoms with E-state index in [4.69, 9.17) is 0 Å². The lowest BCUT2D eigenvalue weighted by Gasteiger charge is -2.28. The van der Waals surface area contributed by atoms with Crippen LogP contribution in [0.1, 0.15) is 57.4 Å². The molecule has 0 radical (unpaired) electrons. The first-order valence-corrected chi connectivity index (χ1v) is 7.52. The van der Waals surface area contributed by atoms with Gasteiger partial charge in [0.05, 0.1) is 0 Å². The van der Waals surface area contributed by atoms with Crippen LogP contribution < -0.4 is 0 Å². The molecule has 100 valence electrons. The molecule has 0 heterocycles. The average molecular weight is 248 g/mol. The highest BCUT2D eigenvalue weighted by atomic mass is 19.1. The summed E-state index contributed by atoms with van der Waals surface area (Å²) in [5, 5.41) is 0.